The van der Waals surface area contributed by atoms with E-state index in [1.807, 2.05) is 36.4 Å². The molecule has 1 fully saturated rings. The number of amides is 2. The lowest BCUT2D eigenvalue weighted by atomic mass is 10.2. The van der Waals surface area contributed by atoms with Crippen LogP contribution in [0, 0.1) is 0 Å². The highest BCUT2D eigenvalue weighted by atomic mass is 16.5. The van der Waals surface area contributed by atoms with E-state index in [1.54, 1.807) is 24.3 Å². The molecule has 11 nitrogen and oxygen atoms in total. The average Bonchev–Trinajstić information content (AvgIpc) is 2.90. The van der Waals surface area contributed by atoms with Gasteiger partial charge in [-0.15, -0.1) is 0 Å². The van der Waals surface area contributed by atoms with E-state index in [0.29, 0.717) is 0 Å². The van der Waals surface area contributed by atoms with E-state index in [0.717, 1.165) is 23.5 Å². The van der Waals surface area contributed by atoms with Gasteiger partial charge in [-0.1, -0.05) is 60.7 Å². The summed E-state index contributed by atoms with van der Waals surface area (Å²) in [4.78, 5) is 60.9. The minimum atomic E-state index is -1.05. The molecule has 11 heteroatoms. The zero-order valence-electron chi connectivity index (χ0n) is 18.9. The molecule has 0 spiro atoms. The van der Waals surface area contributed by atoms with Gasteiger partial charge >= 0.3 is 11.9 Å². The third-order valence-electron chi connectivity index (χ3n) is 4.99. The predicted molar refractivity (Wildman–Crippen MR) is 126 cm³/mol. The van der Waals surface area contributed by atoms with E-state index >= 15 is 0 Å². The fraction of sp³-hybridized carbons (Fsp3) is 0.160. The van der Waals surface area contributed by atoms with Gasteiger partial charge in [0.25, 0.3) is 5.91 Å². The van der Waals surface area contributed by atoms with Crippen LogP contribution in [0.2, 0.25) is 0 Å². The standard InChI is InChI=1S/C25H21N5O6/c31-19-12-26-21(24(33)29-19)23-27-11-18(25(34)36-15-17-9-5-2-6-10-17)22(30-23)28-13-20(32)35-14-16-7-3-1-4-8-16/h1-11,13,21,26H,12,14-15H2,(H,29,31,33)/b28-13-. The van der Waals surface area contributed by atoms with Gasteiger partial charge in [0.15, 0.2) is 11.6 Å². The van der Waals surface area contributed by atoms with Crippen LogP contribution >= 0.6 is 0 Å². The quantitative estimate of drug-likeness (QED) is 0.274. The lowest BCUT2D eigenvalue weighted by Gasteiger charge is -2.21. The minimum absolute atomic E-state index is 0.00159. The molecule has 1 aromatic heterocycles. The molecule has 0 aliphatic carbocycles. The molecule has 1 saturated heterocycles. The molecule has 182 valence electrons. The van der Waals surface area contributed by atoms with E-state index < -0.39 is 29.8 Å². The molecule has 36 heavy (non-hydrogen) atoms. The van der Waals surface area contributed by atoms with Crippen molar-refractivity contribution in [2.75, 3.05) is 6.54 Å². The van der Waals surface area contributed by atoms with Crippen molar-refractivity contribution >= 4 is 35.8 Å². The molecule has 0 bridgehead atoms. The van der Waals surface area contributed by atoms with Crippen LogP contribution in [0.1, 0.15) is 33.4 Å². The van der Waals surface area contributed by atoms with Crippen LogP contribution in [-0.2, 0) is 37.1 Å². The molecular weight excluding hydrogens is 466 g/mol. The van der Waals surface area contributed by atoms with Gasteiger partial charge in [-0.2, -0.15) is 0 Å². The van der Waals surface area contributed by atoms with Crippen molar-refractivity contribution in [3.8, 4) is 0 Å². The van der Waals surface area contributed by atoms with Gasteiger partial charge in [-0.3, -0.25) is 20.2 Å². The fourth-order valence-corrected chi connectivity index (χ4v) is 3.20. The van der Waals surface area contributed by atoms with Crippen LogP contribution in [0.15, 0.2) is 71.9 Å². The number of aromatic nitrogens is 2. The Morgan fingerprint density at radius 1 is 0.972 bits per heavy atom. The van der Waals surface area contributed by atoms with Gasteiger partial charge in [-0.25, -0.2) is 24.5 Å². The Balaban J connectivity index is 1.53. The van der Waals surface area contributed by atoms with Gasteiger partial charge in [-0.05, 0) is 11.1 Å². The first-order chi connectivity index (χ1) is 17.5. The number of hydrogen-bond acceptors (Lipinski definition) is 10. The lowest BCUT2D eigenvalue weighted by molar-refractivity contribution is -0.136. The lowest BCUT2D eigenvalue weighted by Crippen LogP contribution is -2.51. The zero-order valence-corrected chi connectivity index (χ0v) is 18.9. The number of rotatable bonds is 8. The summed E-state index contributed by atoms with van der Waals surface area (Å²) in [5.41, 5.74) is 1.44. The SMILES string of the molecule is O=C1CNC(c2ncc(C(=O)OCc3ccccc3)c(/N=C\C(=O)OCc3ccccc3)n2)C(=O)N1. The molecular formula is C25H21N5O6. The number of hydrogen-bond donors (Lipinski definition) is 2. The largest absolute Gasteiger partial charge is 0.457 e. The summed E-state index contributed by atoms with van der Waals surface area (Å²) in [7, 11) is 0. The number of nitrogens with one attached hydrogen (secondary N) is 2. The second-order valence-electron chi connectivity index (χ2n) is 7.61. The van der Waals surface area contributed by atoms with Gasteiger partial charge in [0.1, 0.15) is 31.0 Å². The molecule has 4 rings (SSSR count). The molecule has 2 amide bonds. The summed E-state index contributed by atoms with van der Waals surface area (Å²) in [5, 5.41) is 4.90. The Hall–Kier alpha value is -4.77. The van der Waals surface area contributed by atoms with Crippen molar-refractivity contribution in [1.82, 2.24) is 20.6 Å². The highest BCUT2D eigenvalue weighted by molar-refractivity contribution is 6.23. The Morgan fingerprint density at radius 2 is 1.61 bits per heavy atom. The van der Waals surface area contributed by atoms with Gasteiger partial charge in [0, 0.05) is 6.20 Å². The maximum Gasteiger partial charge on any atom is 0.349 e. The normalized spacial score (nSPS) is 15.4. The van der Waals surface area contributed by atoms with E-state index in [-0.39, 0.29) is 37.0 Å². The van der Waals surface area contributed by atoms with E-state index in [4.69, 9.17) is 9.47 Å². The first-order valence-corrected chi connectivity index (χ1v) is 10.9. The van der Waals surface area contributed by atoms with Crippen LogP contribution in [0.25, 0.3) is 0 Å². The first kappa shape index (κ1) is 24.4. The number of aliphatic imine (C=N–C) groups is 1. The molecule has 2 aromatic carbocycles. The molecule has 1 atom stereocenters. The number of ether oxygens (including phenoxy) is 2. The summed E-state index contributed by atoms with van der Waals surface area (Å²) in [6, 6.07) is 17.1. The van der Waals surface area contributed by atoms with Crippen molar-refractivity contribution in [3.63, 3.8) is 0 Å². The van der Waals surface area contributed by atoms with Crippen molar-refractivity contribution in [3.05, 3.63) is 89.4 Å². The van der Waals surface area contributed by atoms with Crippen LogP contribution in [0.5, 0.6) is 0 Å². The molecule has 1 aliphatic heterocycles. The second-order valence-corrected chi connectivity index (χ2v) is 7.61. The van der Waals surface area contributed by atoms with Crippen molar-refractivity contribution in [2.24, 2.45) is 4.99 Å². The van der Waals surface area contributed by atoms with Gasteiger partial charge in [0.05, 0.1) is 6.54 Å². The molecule has 3 aromatic rings. The number of carbonyl (C=O) groups is 4. The van der Waals surface area contributed by atoms with Gasteiger partial charge < -0.3 is 9.47 Å². The number of imide groups is 1. The summed E-state index contributed by atoms with van der Waals surface area (Å²) in [6.45, 7) is -0.0870. The Labute approximate surface area is 205 Å². The fourth-order valence-electron chi connectivity index (χ4n) is 3.20. The van der Waals surface area contributed by atoms with E-state index in [2.05, 4.69) is 25.6 Å². The first-order valence-electron chi connectivity index (χ1n) is 10.9. The summed E-state index contributed by atoms with van der Waals surface area (Å²) < 4.78 is 10.5. The van der Waals surface area contributed by atoms with Crippen molar-refractivity contribution in [2.45, 2.75) is 19.3 Å². The molecule has 1 unspecified atom stereocenters. The molecule has 1 aliphatic rings. The Bertz CT molecular complexity index is 1300. The smallest absolute Gasteiger partial charge is 0.349 e. The third-order valence-corrected chi connectivity index (χ3v) is 4.99. The topological polar surface area (TPSA) is 149 Å². The maximum atomic E-state index is 12.8. The zero-order chi connectivity index (χ0) is 25.3. The Kier molecular flexibility index (Phi) is 7.83. The van der Waals surface area contributed by atoms with E-state index in [1.165, 1.54) is 0 Å². The van der Waals surface area contributed by atoms with E-state index in [9.17, 15) is 19.2 Å². The maximum absolute atomic E-state index is 12.8. The number of esters is 2. The van der Waals surface area contributed by atoms with Crippen LogP contribution in [0.3, 0.4) is 0 Å². The summed E-state index contributed by atoms with van der Waals surface area (Å²) in [5.74, 6) is -2.90. The van der Waals surface area contributed by atoms with Crippen LogP contribution < -0.4 is 10.6 Å². The number of benzene rings is 2. The third kappa shape index (κ3) is 6.42. The highest BCUT2D eigenvalue weighted by Gasteiger charge is 2.30. The van der Waals surface area contributed by atoms with Gasteiger partial charge in [0.2, 0.25) is 5.91 Å². The molecule has 0 saturated carbocycles. The highest BCUT2D eigenvalue weighted by Crippen LogP contribution is 2.21. The van der Waals surface area contributed by atoms with Crippen LogP contribution in [-0.4, -0.2) is 46.5 Å². The predicted octanol–water partition coefficient (Wildman–Crippen LogP) is 1.57. The number of carbonyl (C=O) groups excluding carboxylic acids is 4. The second kappa shape index (κ2) is 11.6. The Morgan fingerprint density at radius 3 is 2.25 bits per heavy atom. The summed E-state index contributed by atoms with van der Waals surface area (Å²) >= 11 is 0. The average molecular weight is 487 g/mol. The summed E-state index contributed by atoms with van der Waals surface area (Å²) in [6.07, 6.45) is 2.03. The minimum Gasteiger partial charge on any atom is -0.457 e. The molecule has 2 heterocycles. The number of nitrogens with zero attached hydrogens (tertiary/aromatic N) is 3. The number of piperazine rings is 1. The molecule has 0 radical (unpaired) electrons. The van der Waals surface area contributed by atoms with Crippen LogP contribution in [0.4, 0.5) is 5.82 Å². The molecule has 2 N–H and O–H groups in total. The van der Waals surface area contributed by atoms with Crippen molar-refractivity contribution in [1.29, 1.82) is 0 Å². The monoisotopic (exact) mass is 487 g/mol. The van der Waals surface area contributed by atoms with Crippen molar-refractivity contribution < 1.29 is 28.7 Å².